The van der Waals surface area contributed by atoms with Gasteiger partial charge in [-0.25, -0.2) is 13.8 Å². The second kappa shape index (κ2) is 7.82. The number of aromatic nitrogens is 4. The van der Waals surface area contributed by atoms with Crippen molar-refractivity contribution in [1.82, 2.24) is 19.5 Å². The van der Waals surface area contributed by atoms with E-state index in [1.54, 1.807) is 0 Å². The second-order valence-electron chi connectivity index (χ2n) is 5.32. The van der Waals surface area contributed by atoms with Gasteiger partial charge in [-0.2, -0.15) is 18.7 Å². The number of fused-ring (bicyclic) bond motifs is 1. The molecule has 0 bridgehead atoms. The molecule has 7 nitrogen and oxygen atoms in total. The van der Waals surface area contributed by atoms with Crippen molar-refractivity contribution in [2.24, 2.45) is 0 Å². The van der Waals surface area contributed by atoms with E-state index >= 15 is 0 Å². The molecule has 0 spiro atoms. The first-order valence-corrected chi connectivity index (χ1v) is 7.83. The molecule has 2 heterocycles. The van der Waals surface area contributed by atoms with E-state index in [2.05, 4.69) is 19.7 Å². The van der Waals surface area contributed by atoms with Gasteiger partial charge < -0.3 is 19.8 Å². The van der Waals surface area contributed by atoms with E-state index in [1.165, 1.54) is 23.0 Å². The predicted octanol–water partition coefficient (Wildman–Crippen LogP) is 3.36. The lowest BCUT2D eigenvalue weighted by Gasteiger charge is -2.12. The summed E-state index contributed by atoms with van der Waals surface area (Å²) in [5, 5.41) is -0.0857. The Kier molecular flexibility index (Phi) is 5.49. The van der Waals surface area contributed by atoms with Crippen molar-refractivity contribution in [3.8, 4) is 11.5 Å². The summed E-state index contributed by atoms with van der Waals surface area (Å²) in [5.74, 6) is -0.192. The van der Waals surface area contributed by atoms with Gasteiger partial charge in [-0.3, -0.25) is 0 Å². The van der Waals surface area contributed by atoms with Crippen molar-refractivity contribution >= 4 is 28.6 Å². The minimum Gasteiger partial charge on any atom is -0.487 e. The molecule has 0 saturated carbocycles. The Bertz CT molecular complexity index is 953. The quantitative estimate of drug-likeness (QED) is 0.479. The molecule has 0 fully saturated rings. The van der Waals surface area contributed by atoms with Gasteiger partial charge in [0.05, 0.1) is 12.9 Å². The maximum atomic E-state index is 12.5. The van der Waals surface area contributed by atoms with Crippen LogP contribution in [0.5, 0.6) is 11.5 Å². The minimum absolute atomic E-state index is 0.0416. The van der Waals surface area contributed by atoms with Gasteiger partial charge in [-0.05, 0) is 29.3 Å². The van der Waals surface area contributed by atoms with Crippen LogP contribution < -0.4 is 15.2 Å². The summed E-state index contributed by atoms with van der Waals surface area (Å²) in [7, 11) is 0. The Morgan fingerprint density at radius 3 is 2.56 bits per heavy atom. The van der Waals surface area contributed by atoms with Gasteiger partial charge in [0.15, 0.2) is 11.5 Å². The maximum absolute atomic E-state index is 12.5. The Morgan fingerprint density at radius 2 is 1.85 bits per heavy atom. The Balaban J connectivity index is 1.94. The molecule has 12 heteroatoms. The number of alkyl halides is 4. The van der Waals surface area contributed by atoms with Crippen LogP contribution in [0.1, 0.15) is 5.56 Å². The number of hydrogen-bond donors (Lipinski definition) is 1. The van der Waals surface area contributed by atoms with Gasteiger partial charge >= 0.3 is 6.61 Å². The number of hydrogen-bond acceptors (Lipinski definition) is 6. The molecule has 144 valence electrons. The van der Waals surface area contributed by atoms with Gasteiger partial charge in [0, 0.05) is 6.07 Å². The monoisotopic (exact) mass is 405 g/mol. The molecule has 0 aliphatic heterocycles. The van der Waals surface area contributed by atoms with E-state index in [0.717, 1.165) is 6.07 Å². The van der Waals surface area contributed by atoms with E-state index in [0.29, 0.717) is 16.7 Å². The molecule has 3 rings (SSSR count). The number of ether oxygens (including phenoxy) is 2. The standard InChI is InChI=1S/C15H12ClF4N5O2/c16-14-23-12(21)11-13(24-14)25(6-22-11)4-7-1-8(26-5-10(17)18)3-9(2-7)27-15(19)20/h1-3,6,10,15H,4-5H2,(H2,21,23,24). The second-order valence-corrected chi connectivity index (χ2v) is 5.65. The zero-order chi connectivity index (χ0) is 19.6. The highest BCUT2D eigenvalue weighted by molar-refractivity contribution is 6.28. The van der Waals surface area contributed by atoms with Crippen molar-refractivity contribution in [1.29, 1.82) is 0 Å². The first-order valence-electron chi connectivity index (χ1n) is 7.45. The lowest BCUT2D eigenvalue weighted by molar-refractivity contribution is -0.0500. The zero-order valence-electron chi connectivity index (χ0n) is 13.5. The molecular formula is C15H12ClF4N5O2. The molecule has 1 aromatic carbocycles. The molecule has 2 N–H and O–H groups in total. The van der Waals surface area contributed by atoms with E-state index < -0.39 is 19.6 Å². The Labute approximate surface area is 154 Å². The first-order chi connectivity index (χ1) is 12.8. The first kappa shape index (κ1) is 19.0. The molecule has 0 atom stereocenters. The number of nitrogens with zero attached hydrogens (tertiary/aromatic N) is 4. The number of nitrogens with two attached hydrogens (primary N) is 1. The lowest BCUT2D eigenvalue weighted by atomic mass is 10.2. The summed E-state index contributed by atoms with van der Waals surface area (Å²) >= 11 is 5.80. The molecule has 0 radical (unpaired) electrons. The normalized spacial score (nSPS) is 11.5. The fraction of sp³-hybridized carbons (Fsp3) is 0.267. The van der Waals surface area contributed by atoms with Crippen LogP contribution in [-0.2, 0) is 6.54 Å². The van der Waals surface area contributed by atoms with Gasteiger partial charge in [-0.1, -0.05) is 0 Å². The molecule has 0 aliphatic carbocycles. The maximum Gasteiger partial charge on any atom is 0.387 e. The number of nitrogen functional groups attached to an aromatic ring is 1. The van der Waals surface area contributed by atoms with Crippen LogP contribution in [0.4, 0.5) is 23.4 Å². The van der Waals surface area contributed by atoms with Crippen molar-refractivity contribution in [3.63, 3.8) is 0 Å². The smallest absolute Gasteiger partial charge is 0.387 e. The fourth-order valence-corrected chi connectivity index (χ4v) is 2.56. The third-order valence-electron chi connectivity index (χ3n) is 3.36. The van der Waals surface area contributed by atoms with Crippen molar-refractivity contribution < 1.29 is 27.0 Å². The van der Waals surface area contributed by atoms with Gasteiger partial charge in [-0.15, -0.1) is 0 Å². The summed E-state index contributed by atoms with van der Waals surface area (Å²) in [6, 6.07) is 3.83. The molecule has 0 saturated heterocycles. The van der Waals surface area contributed by atoms with Crippen LogP contribution in [0.25, 0.3) is 11.2 Å². The predicted molar refractivity (Wildman–Crippen MR) is 88.4 cm³/mol. The zero-order valence-corrected chi connectivity index (χ0v) is 14.2. The van der Waals surface area contributed by atoms with Crippen LogP contribution in [0.2, 0.25) is 5.28 Å². The highest BCUT2D eigenvalue weighted by Gasteiger charge is 2.14. The minimum atomic E-state index is -3.08. The van der Waals surface area contributed by atoms with Crippen LogP contribution in [0.3, 0.4) is 0 Å². The number of benzene rings is 1. The Hall–Kier alpha value is -2.82. The summed E-state index contributed by atoms with van der Waals surface area (Å²) in [6.45, 7) is -3.87. The molecule has 3 aromatic rings. The third-order valence-corrected chi connectivity index (χ3v) is 3.53. The topological polar surface area (TPSA) is 88.1 Å². The number of halogens is 5. The van der Waals surface area contributed by atoms with Crippen LogP contribution in [0.15, 0.2) is 24.5 Å². The summed E-state index contributed by atoms with van der Waals surface area (Å²) in [5.41, 5.74) is 6.79. The largest absolute Gasteiger partial charge is 0.487 e. The van der Waals surface area contributed by atoms with Crippen molar-refractivity contribution in [2.45, 2.75) is 19.6 Å². The van der Waals surface area contributed by atoms with Crippen molar-refractivity contribution in [3.05, 3.63) is 35.4 Å². The summed E-state index contributed by atoms with van der Waals surface area (Å²) in [4.78, 5) is 11.9. The van der Waals surface area contributed by atoms with E-state index in [9.17, 15) is 17.6 Å². The van der Waals surface area contributed by atoms with Crippen LogP contribution in [0, 0.1) is 0 Å². The summed E-state index contributed by atoms with van der Waals surface area (Å²) < 4.78 is 60.6. The Morgan fingerprint density at radius 1 is 1.11 bits per heavy atom. The van der Waals surface area contributed by atoms with Gasteiger partial charge in [0.2, 0.25) is 5.28 Å². The SMILES string of the molecule is Nc1nc(Cl)nc2c1ncn2Cc1cc(OCC(F)F)cc(OC(F)F)c1. The molecule has 0 unspecified atom stereocenters. The lowest BCUT2D eigenvalue weighted by Crippen LogP contribution is -2.09. The van der Waals surface area contributed by atoms with Gasteiger partial charge in [0.25, 0.3) is 6.43 Å². The molecule has 27 heavy (non-hydrogen) atoms. The number of imidazole rings is 1. The summed E-state index contributed by atoms with van der Waals surface area (Å²) in [6.07, 6.45) is -1.31. The van der Waals surface area contributed by atoms with E-state index in [1.807, 2.05) is 0 Å². The molecular weight excluding hydrogens is 394 g/mol. The van der Waals surface area contributed by atoms with Crippen molar-refractivity contribution in [2.75, 3.05) is 12.3 Å². The average molecular weight is 406 g/mol. The molecule has 0 aliphatic rings. The van der Waals surface area contributed by atoms with Crippen LogP contribution >= 0.6 is 11.6 Å². The molecule has 0 amide bonds. The highest BCUT2D eigenvalue weighted by atomic mass is 35.5. The van der Waals surface area contributed by atoms with Crippen LogP contribution in [-0.4, -0.2) is 39.2 Å². The number of rotatable bonds is 7. The highest BCUT2D eigenvalue weighted by Crippen LogP contribution is 2.26. The third kappa shape index (κ3) is 4.67. The average Bonchev–Trinajstić information content (AvgIpc) is 2.95. The number of anilines is 1. The van der Waals surface area contributed by atoms with Gasteiger partial charge in [0.1, 0.15) is 23.6 Å². The molecule has 2 aromatic heterocycles. The van der Waals surface area contributed by atoms with E-state index in [-0.39, 0.29) is 29.1 Å². The fourth-order valence-electron chi connectivity index (χ4n) is 2.39. The van der Waals surface area contributed by atoms with E-state index in [4.69, 9.17) is 22.1 Å².